The minimum atomic E-state index is -0.630. The monoisotopic (exact) mass is 463 g/mol. The molecular weight excluding hydrogens is 426 g/mol. The number of likely N-dealkylation sites (N-methyl/N-ethyl adjacent to an activating group) is 1. The first-order valence-electron chi connectivity index (χ1n) is 12.2. The lowest BCUT2D eigenvalue weighted by atomic mass is 9.95. The van der Waals surface area contributed by atoms with Crippen molar-refractivity contribution in [2.45, 2.75) is 32.7 Å². The Morgan fingerprint density at radius 1 is 0.912 bits per heavy atom. The molecule has 0 spiro atoms. The van der Waals surface area contributed by atoms with Crippen molar-refractivity contribution < 1.29 is 9.59 Å². The molecule has 0 saturated carbocycles. The van der Waals surface area contributed by atoms with Gasteiger partial charge in [-0.05, 0) is 74.2 Å². The van der Waals surface area contributed by atoms with E-state index in [1.165, 1.54) is 16.8 Å². The van der Waals surface area contributed by atoms with Crippen molar-refractivity contribution in [3.8, 4) is 0 Å². The van der Waals surface area contributed by atoms with Gasteiger partial charge in [0.2, 0.25) is 0 Å². The average molecular weight is 464 g/mol. The van der Waals surface area contributed by atoms with Gasteiger partial charge in [-0.25, -0.2) is 0 Å². The fraction of sp³-hybridized carbons (Fsp3) is 0.481. The highest BCUT2D eigenvalue weighted by Gasteiger charge is 2.27. The molecule has 1 atom stereocenters. The van der Waals surface area contributed by atoms with Gasteiger partial charge >= 0.3 is 11.8 Å². The van der Waals surface area contributed by atoms with Gasteiger partial charge in [0.05, 0.1) is 6.04 Å². The van der Waals surface area contributed by atoms with Crippen LogP contribution in [0.4, 0.5) is 11.4 Å². The van der Waals surface area contributed by atoms with E-state index in [0.717, 1.165) is 56.7 Å². The number of carbonyl (C=O) groups is 2. The Morgan fingerprint density at radius 3 is 2.32 bits per heavy atom. The van der Waals surface area contributed by atoms with Gasteiger partial charge in [0.15, 0.2) is 0 Å². The summed E-state index contributed by atoms with van der Waals surface area (Å²) in [6.07, 6.45) is 2.23. The third kappa shape index (κ3) is 5.77. The number of piperazine rings is 1. The van der Waals surface area contributed by atoms with E-state index in [0.29, 0.717) is 12.2 Å². The van der Waals surface area contributed by atoms with Crippen LogP contribution in [0, 0.1) is 13.8 Å². The summed E-state index contributed by atoms with van der Waals surface area (Å²) >= 11 is 0. The largest absolute Gasteiger partial charge is 0.374 e. The molecule has 2 aromatic carbocycles. The van der Waals surface area contributed by atoms with E-state index < -0.39 is 11.8 Å². The van der Waals surface area contributed by atoms with Gasteiger partial charge < -0.3 is 20.4 Å². The molecule has 2 heterocycles. The lowest BCUT2D eigenvalue weighted by Gasteiger charge is -2.39. The quantitative estimate of drug-likeness (QED) is 0.668. The molecule has 0 radical (unpaired) electrons. The van der Waals surface area contributed by atoms with Crippen molar-refractivity contribution in [1.29, 1.82) is 0 Å². The molecule has 0 aliphatic carbocycles. The first-order chi connectivity index (χ1) is 16.3. The SMILES string of the molecule is Cc1cc(C)cc(NC(=O)C(=O)NC[C@@H](c2ccc3c(c2)CCCN3C)N2CCN(C)CC2)c1. The molecule has 1 saturated heterocycles. The fourth-order valence-corrected chi connectivity index (χ4v) is 5.11. The normalized spacial score (nSPS) is 17.7. The lowest BCUT2D eigenvalue weighted by molar-refractivity contribution is -0.136. The minimum absolute atomic E-state index is 0.0317. The molecule has 2 amide bonds. The van der Waals surface area contributed by atoms with Gasteiger partial charge in [-0.3, -0.25) is 14.5 Å². The number of hydrogen-bond acceptors (Lipinski definition) is 5. The molecule has 2 aromatic rings. The standard InChI is InChI=1S/C27H37N5O2/c1-19-14-20(2)16-23(15-19)29-27(34)26(33)28-18-25(32-12-10-30(3)11-13-32)22-7-8-24-21(17-22)6-5-9-31(24)4/h7-8,14-17,25H,5-6,9-13,18H2,1-4H3,(H,28,33)(H,29,34)/t25-/m0/s1. The molecule has 34 heavy (non-hydrogen) atoms. The van der Waals surface area contributed by atoms with E-state index in [9.17, 15) is 9.59 Å². The predicted molar refractivity (Wildman–Crippen MR) is 137 cm³/mol. The fourth-order valence-electron chi connectivity index (χ4n) is 5.11. The molecule has 0 aromatic heterocycles. The molecule has 182 valence electrons. The average Bonchev–Trinajstić information content (AvgIpc) is 2.79. The van der Waals surface area contributed by atoms with E-state index in [1.807, 2.05) is 32.0 Å². The van der Waals surface area contributed by atoms with Crippen molar-refractivity contribution in [3.05, 3.63) is 58.7 Å². The van der Waals surface area contributed by atoms with Crippen LogP contribution in [0.2, 0.25) is 0 Å². The van der Waals surface area contributed by atoms with Gasteiger partial charge in [-0.1, -0.05) is 18.2 Å². The Labute approximate surface area is 203 Å². The van der Waals surface area contributed by atoms with E-state index in [4.69, 9.17) is 0 Å². The molecule has 2 N–H and O–H groups in total. The van der Waals surface area contributed by atoms with Gasteiger partial charge in [0, 0.05) is 57.7 Å². The number of hydrogen-bond donors (Lipinski definition) is 2. The van der Waals surface area contributed by atoms with E-state index in [1.54, 1.807) is 0 Å². The second-order valence-corrected chi connectivity index (χ2v) is 9.81. The number of benzene rings is 2. The molecule has 2 aliphatic heterocycles. The number of fused-ring (bicyclic) bond motifs is 1. The molecule has 7 nitrogen and oxygen atoms in total. The number of amides is 2. The highest BCUT2D eigenvalue weighted by Crippen LogP contribution is 2.31. The van der Waals surface area contributed by atoms with Crippen LogP contribution in [0.3, 0.4) is 0 Å². The number of aryl methyl sites for hydroxylation is 3. The van der Waals surface area contributed by atoms with Gasteiger partial charge in [-0.15, -0.1) is 0 Å². The summed E-state index contributed by atoms with van der Waals surface area (Å²) in [5.74, 6) is -1.23. The number of nitrogens with zero attached hydrogens (tertiary/aromatic N) is 3. The summed E-state index contributed by atoms with van der Waals surface area (Å²) in [7, 11) is 4.28. The molecule has 2 aliphatic rings. The molecule has 0 unspecified atom stereocenters. The third-order valence-electron chi connectivity index (χ3n) is 6.96. The third-order valence-corrected chi connectivity index (χ3v) is 6.96. The summed E-state index contributed by atoms with van der Waals surface area (Å²) < 4.78 is 0. The topological polar surface area (TPSA) is 67.9 Å². The number of rotatable bonds is 5. The first-order valence-corrected chi connectivity index (χ1v) is 12.2. The Kier molecular flexibility index (Phi) is 7.54. The van der Waals surface area contributed by atoms with Gasteiger partial charge in [0.1, 0.15) is 0 Å². The van der Waals surface area contributed by atoms with Crippen LogP contribution in [-0.2, 0) is 16.0 Å². The summed E-state index contributed by atoms with van der Waals surface area (Å²) in [4.78, 5) is 32.4. The number of nitrogens with one attached hydrogen (secondary N) is 2. The van der Waals surface area contributed by atoms with Crippen LogP contribution in [0.25, 0.3) is 0 Å². The zero-order valence-electron chi connectivity index (χ0n) is 20.9. The molecule has 0 bridgehead atoms. The summed E-state index contributed by atoms with van der Waals surface area (Å²) in [5.41, 5.74) is 6.60. The van der Waals surface area contributed by atoms with Crippen molar-refractivity contribution in [2.75, 3.05) is 63.6 Å². The maximum Gasteiger partial charge on any atom is 0.313 e. The summed E-state index contributed by atoms with van der Waals surface area (Å²) in [6.45, 7) is 9.28. The Hall–Kier alpha value is -2.90. The first kappa shape index (κ1) is 24.2. The molecule has 7 heteroatoms. The lowest BCUT2D eigenvalue weighted by Crippen LogP contribution is -2.49. The Bertz CT molecular complexity index is 1030. The van der Waals surface area contributed by atoms with Gasteiger partial charge in [-0.2, -0.15) is 0 Å². The Morgan fingerprint density at radius 2 is 1.62 bits per heavy atom. The van der Waals surface area contributed by atoms with Crippen LogP contribution in [0.1, 0.15) is 34.7 Å². The Balaban J connectivity index is 1.47. The van der Waals surface area contributed by atoms with Crippen molar-refractivity contribution >= 4 is 23.2 Å². The maximum atomic E-state index is 12.7. The smallest absolute Gasteiger partial charge is 0.313 e. The van der Waals surface area contributed by atoms with Crippen molar-refractivity contribution in [1.82, 2.24) is 15.1 Å². The van der Waals surface area contributed by atoms with Crippen molar-refractivity contribution in [3.63, 3.8) is 0 Å². The highest BCUT2D eigenvalue weighted by molar-refractivity contribution is 6.39. The van der Waals surface area contributed by atoms with Crippen molar-refractivity contribution in [2.24, 2.45) is 0 Å². The highest BCUT2D eigenvalue weighted by atomic mass is 16.2. The van der Waals surface area contributed by atoms with Crippen LogP contribution >= 0.6 is 0 Å². The summed E-state index contributed by atoms with van der Waals surface area (Å²) in [5, 5.41) is 5.65. The van der Waals surface area contributed by atoms with Crippen LogP contribution in [0.15, 0.2) is 36.4 Å². The minimum Gasteiger partial charge on any atom is -0.374 e. The molecule has 4 rings (SSSR count). The molecule has 1 fully saturated rings. The number of anilines is 2. The zero-order chi connectivity index (χ0) is 24.2. The van der Waals surface area contributed by atoms with E-state index in [-0.39, 0.29) is 6.04 Å². The number of carbonyl (C=O) groups excluding carboxylic acids is 2. The second kappa shape index (κ2) is 10.6. The maximum absolute atomic E-state index is 12.7. The van der Waals surface area contributed by atoms with Crippen LogP contribution < -0.4 is 15.5 Å². The van der Waals surface area contributed by atoms with E-state index in [2.05, 4.69) is 57.6 Å². The van der Waals surface area contributed by atoms with Gasteiger partial charge in [0.25, 0.3) is 0 Å². The van der Waals surface area contributed by atoms with Crippen LogP contribution in [0.5, 0.6) is 0 Å². The van der Waals surface area contributed by atoms with E-state index >= 15 is 0 Å². The second-order valence-electron chi connectivity index (χ2n) is 9.81. The summed E-state index contributed by atoms with van der Waals surface area (Å²) in [6, 6.07) is 12.5. The molecular formula is C27H37N5O2. The zero-order valence-corrected chi connectivity index (χ0v) is 20.9. The van der Waals surface area contributed by atoms with Crippen LogP contribution in [-0.4, -0.2) is 75.0 Å². The predicted octanol–water partition coefficient (Wildman–Crippen LogP) is 2.73.